The Labute approximate surface area is 146 Å². The summed E-state index contributed by atoms with van der Waals surface area (Å²) in [6.07, 6.45) is 0. The number of para-hydroxylation sites is 1. The second-order valence-electron chi connectivity index (χ2n) is 5.23. The fraction of sp³-hybridized carbons (Fsp3) is 0.222. The van der Waals surface area contributed by atoms with Crippen molar-refractivity contribution >= 4 is 23.4 Å². The van der Waals surface area contributed by atoms with Crippen LogP contribution in [0.15, 0.2) is 48.5 Å². The van der Waals surface area contributed by atoms with E-state index in [1.165, 1.54) is 7.11 Å². The van der Waals surface area contributed by atoms with E-state index in [-0.39, 0.29) is 24.4 Å². The highest BCUT2D eigenvalue weighted by Gasteiger charge is 2.14. The van der Waals surface area contributed by atoms with Crippen LogP contribution in [-0.2, 0) is 4.79 Å². The number of halogens is 1. The van der Waals surface area contributed by atoms with Gasteiger partial charge < -0.3 is 15.4 Å². The summed E-state index contributed by atoms with van der Waals surface area (Å²) in [5, 5.41) is 6.01. The zero-order chi connectivity index (χ0) is 17.5. The Balaban J connectivity index is 1.90. The van der Waals surface area contributed by atoms with E-state index in [0.29, 0.717) is 16.3 Å². The Hall–Kier alpha value is -2.53. The molecule has 6 heteroatoms. The number of hydrogen-bond donors (Lipinski definition) is 2. The molecule has 0 saturated carbocycles. The van der Waals surface area contributed by atoms with Gasteiger partial charge in [-0.25, -0.2) is 0 Å². The highest BCUT2D eigenvalue weighted by atomic mass is 35.5. The van der Waals surface area contributed by atoms with Crippen molar-refractivity contribution in [2.45, 2.75) is 13.0 Å². The lowest BCUT2D eigenvalue weighted by molar-refractivity contribution is -0.120. The van der Waals surface area contributed by atoms with Crippen LogP contribution < -0.4 is 15.4 Å². The predicted octanol–water partition coefficient (Wildman–Crippen LogP) is 2.96. The lowest BCUT2D eigenvalue weighted by Crippen LogP contribution is -2.38. The molecule has 0 aliphatic heterocycles. The Morgan fingerprint density at radius 1 is 1.17 bits per heavy atom. The monoisotopic (exact) mass is 346 g/mol. The van der Waals surface area contributed by atoms with E-state index in [0.717, 1.165) is 5.56 Å². The zero-order valence-electron chi connectivity index (χ0n) is 13.5. The fourth-order valence-electron chi connectivity index (χ4n) is 2.24. The molecule has 0 aromatic heterocycles. The van der Waals surface area contributed by atoms with E-state index in [1.807, 2.05) is 19.1 Å². The van der Waals surface area contributed by atoms with Crippen LogP contribution in [0.3, 0.4) is 0 Å². The number of carbonyl (C=O) groups is 2. The predicted molar refractivity (Wildman–Crippen MR) is 93.3 cm³/mol. The van der Waals surface area contributed by atoms with Crippen LogP contribution >= 0.6 is 11.6 Å². The van der Waals surface area contributed by atoms with Crippen LogP contribution in [0, 0.1) is 0 Å². The Bertz CT molecular complexity index is 734. The number of methoxy groups -OCH3 is 1. The van der Waals surface area contributed by atoms with Crippen LogP contribution in [0.1, 0.15) is 28.9 Å². The molecule has 24 heavy (non-hydrogen) atoms. The van der Waals surface area contributed by atoms with E-state index in [4.69, 9.17) is 16.3 Å². The number of nitrogens with one attached hydrogen (secondary N) is 2. The Morgan fingerprint density at radius 2 is 1.92 bits per heavy atom. The van der Waals surface area contributed by atoms with Gasteiger partial charge in [-0.05, 0) is 36.8 Å². The minimum atomic E-state index is -0.363. The van der Waals surface area contributed by atoms with Crippen LogP contribution in [0.25, 0.3) is 0 Å². The van der Waals surface area contributed by atoms with Crippen molar-refractivity contribution in [3.63, 3.8) is 0 Å². The van der Waals surface area contributed by atoms with Crippen LogP contribution in [0.5, 0.6) is 5.75 Å². The second kappa shape index (κ2) is 8.36. The number of carbonyl (C=O) groups excluding carboxylic acids is 2. The molecule has 2 N–H and O–H groups in total. The van der Waals surface area contributed by atoms with E-state index in [1.54, 1.807) is 36.4 Å². The van der Waals surface area contributed by atoms with Gasteiger partial charge in [0.25, 0.3) is 5.91 Å². The molecule has 0 heterocycles. The molecular weight excluding hydrogens is 328 g/mol. The average molecular weight is 347 g/mol. The van der Waals surface area contributed by atoms with Crippen molar-refractivity contribution in [2.24, 2.45) is 0 Å². The molecule has 1 unspecified atom stereocenters. The largest absolute Gasteiger partial charge is 0.496 e. The van der Waals surface area contributed by atoms with Gasteiger partial charge in [-0.15, -0.1) is 0 Å². The van der Waals surface area contributed by atoms with Crippen molar-refractivity contribution in [2.75, 3.05) is 13.7 Å². The molecule has 0 spiro atoms. The van der Waals surface area contributed by atoms with Crippen molar-refractivity contribution < 1.29 is 14.3 Å². The molecular formula is C18H19ClN2O3. The SMILES string of the molecule is COc1ccccc1C(=O)NCC(=O)NC(C)c1cccc(Cl)c1. The maximum atomic E-state index is 12.1. The molecule has 2 amide bonds. The van der Waals surface area contributed by atoms with Gasteiger partial charge >= 0.3 is 0 Å². The minimum Gasteiger partial charge on any atom is -0.496 e. The lowest BCUT2D eigenvalue weighted by atomic mass is 10.1. The first-order valence-corrected chi connectivity index (χ1v) is 7.85. The average Bonchev–Trinajstić information content (AvgIpc) is 2.59. The Morgan fingerprint density at radius 3 is 2.62 bits per heavy atom. The molecule has 0 radical (unpaired) electrons. The van der Waals surface area contributed by atoms with Crippen molar-refractivity contribution in [3.05, 3.63) is 64.7 Å². The van der Waals surface area contributed by atoms with Gasteiger partial charge in [0.15, 0.2) is 0 Å². The molecule has 5 nitrogen and oxygen atoms in total. The van der Waals surface area contributed by atoms with Gasteiger partial charge in [0.2, 0.25) is 5.91 Å². The van der Waals surface area contributed by atoms with Gasteiger partial charge in [-0.1, -0.05) is 35.9 Å². The zero-order valence-corrected chi connectivity index (χ0v) is 14.3. The van der Waals surface area contributed by atoms with Crippen molar-refractivity contribution in [3.8, 4) is 5.75 Å². The molecule has 0 aliphatic rings. The summed E-state index contributed by atoms with van der Waals surface area (Å²) in [6, 6.07) is 13.9. The summed E-state index contributed by atoms with van der Waals surface area (Å²) in [7, 11) is 1.49. The smallest absolute Gasteiger partial charge is 0.255 e. The van der Waals surface area contributed by atoms with E-state index in [9.17, 15) is 9.59 Å². The van der Waals surface area contributed by atoms with Crippen molar-refractivity contribution in [1.82, 2.24) is 10.6 Å². The summed E-state index contributed by atoms with van der Waals surface area (Å²) >= 11 is 5.94. The molecule has 2 aromatic rings. The highest BCUT2D eigenvalue weighted by Crippen LogP contribution is 2.18. The van der Waals surface area contributed by atoms with Crippen LogP contribution in [0.4, 0.5) is 0 Å². The first-order chi connectivity index (χ1) is 11.5. The number of amides is 2. The summed E-state index contributed by atoms with van der Waals surface area (Å²) in [4.78, 5) is 24.2. The lowest BCUT2D eigenvalue weighted by Gasteiger charge is -2.15. The first-order valence-electron chi connectivity index (χ1n) is 7.47. The van der Waals surface area contributed by atoms with E-state index < -0.39 is 0 Å². The number of hydrogen-bond acceptors (Lipinski definition) is 3. The molecule has 1 atom stereocenters. The van der Waals surface area contributed by atoms with E-state index in [2.05, 4.69) is 10.6 Å². The third-order valence-corrected chi connectivity index (χ3v) is 3.72. The molecule has 0 saturated heterocycles. The van der Waals surface area contributed by atoms with Gasteiger partial charge in [-0.2, -0.15) is 0 Å². The number of benzene rings is 2. The van der Waals surface area contributed by atoms with Crippen LogP contribution in [0.2, 0.25) is 5.02 Å². The Kier molecular flexibility index (Phi) is 6.21. The number of ether oxygens (including phenoxy) is 1. The maximum absolute atomic E-state index is 12.1. The maximum Gasteiger partial charge on any atom is 0.255 e. The third kappa shape index (κ3) is 4.73. The van der Waals surface area contributed by atoms with Crippen molar-refractivity contribution in [1.29, 1.82) is 0 Å². The van der Waals surface area contributed by atoms with E-state index >= 15 is 0 Å². The molecule has 0 fully saturated rings. The third-order valence-electron chi connectivity index (χ3n) is 3.49. The standard InChI is InChI=1S/C18H19ClN2O3/c1-12(13-6-5-7-14(19)10-13)21-17(22)11-20-18(23)15-8-3-4-9-16(15)24-2/h3-10,12H,11H2,1-2H3,(H,20,23)(H,21,22). The fourth-order valence-corrected chi connectivity index (χ4v) is 2.44. The summed E-state index contributed by atoms with van der Waals surface area (Å²) in [6.45, 7) is 1.73. The van der Waals surface area contributed by atoms with Gasteiger partial charge in [-0.3, -0.25) is 9.59 Å². The summed E-state index contributed by atoms with van der Waals surface area (Å²) in [5.74, 6) is -0.188. The van der Waals surface area contributed by atoms with Crippen LogP contribution in [-0.4, -0.2) is 25.5 Å². The number of rotatable bonds is 6. The van der Waals surface area contributed by atoms with Gasteiger partial charge in [0, 0.05) is 5.02 Å². The molecule has 2 rings (SSSR count). The summed E-state index contributed by atoms with van der Waals surface area (Å²) < 4.78 is 5.13. The normalized spacial score (nSPS) is 11.5. The van der Waals surface area contributed by atoms with Gasteiger partial charge in [0.05, 0.1) is 25.3 Å². The second-order valence-corrected chi connectivity index (χ2v) is 5.66. The first kappa shape index (κ1) is 17.8. The van der Waals surface area contributed by atoms with Gasteiger partial charge in [0.1, 0.15) is 5.75 Å². The minimum absolute atomic E-state index is 0.123. The quantitative estimate of drug-likeness (QED) is 0.845. The molecule has 0 bridgehead atoms. The molecule has 126 valence electrons. The molecule has 0 aliphatic carbocycles. The topological polar surface area (TPSA) is 67.4 Å². The summed E-state index contributed by atoms with van der Waals surface area (Å²) in [5.41, 5.74) is 1.28. The molecule has 2 aromatic carbocycles. The highest BCUT2D eigenvalue weighted by molar-refractivity contribution is 6.30.